The summed E-state index contributed by atoms with van der Waals surface area (Å²) < 4.78 is 5.43. The minimum absolute atomic E-state index is 0.0312. The van der Waals surface area contributed by atoms with E-state index in [0.29, 0.717) is 5.78 Å². The standard InChI is InChI=1S/C20H27NO3/c1-12-7-8-18(24-3)17(9-12)13(2)21-20(23)16-10-14-5-4-6-15(11-16)19(14)22/h7-9,13-16H,4-6,10-11H2,1-3H3,(H,21,23)/t13-,14-,15+,16?/m0/s1. The fraction of sp³-hybridized carbons (Fsp3) is 0.600. The lowest BCUT2D eigenvalue weighted by Crippen LogP contribution is -2.43. The normalized spacial score (nSPS) is 27.5. The Balaban J connectivity index is 1.69. The number of rotatable bonds is 4. The lowest BCUT2D eigenvalue weighted by atomic mass is 9.67. The topological polar surface area (TPSA) is 55.4 Å². The van der Waals surface area contributed by atoms with Crippen LogP contribution in [-0.2, 0) is 9.59 Å². The van der Waals surface area contributed by atoms with Crippen molar-refractivity contribution in [1.29, 1.82) is 0 Å². The number of Topliss-reactive ketones (excluding diaryl/α,β-unsaturated/α-hetero) is 1. The molecule has 24 heavy (non-hydrogen) atoms. The van der Waals surface area contributed by atoms with Gasteiger partial charge in [0.25, 0.3) is 0 Å². The average molecular weight is 329 g/mol. The Kier molecular flexibility index (Phi) is 4.93. The van der Waals surface area contributed by atoms with Crippen molar-refractivity contribution in [3.8, 4) is 5.75 Å². The number of fused-ring (bicyclic) bond motifs is 2. The number of carbonyl (C=O) groups excluding carboxylic acids is 2. The molecule has 0 aliphatic heterocycles. The zero-order chi connectivity index (χ0) is 17.3. The number of ketones is 1. The molecule has 0 saturated heterocycles. The highest BCUT2D eigenvalue weighted by atomic mass is 16.5. The molecule has 1 aromatic rings. The minimum Gasteiger partial charge on any atom is -0.496 e. The molecule has 1 N–H and O–H groups in total. The highest BCUT2D eigenvalue weighted by Gasteiger charge is 2.41. The summed E-state index contributed by atoms with van der Waals surface area (Å²) in [5, 5.41) is 3.14. The Morgan fingerprint density at radius 1 is 1.25 bits per heavy atom. The van der Waals surface area contributed by atoms with Gasteiger partial charge < -0.3 is 10.1 Å². The largest absolute Gasteiger partial charge is 0.496 e. The molecule has 1 aromatic carbocycles. The second-order valence-corrected chi connectivity index (χ2v) is 7.37. The number of benzene rings is 1. The van der Waals surface area contributed by atoms with Gasteiger partial charge in [0.15, 0.2) is 0 Å². The first-order chi connectivity index (χ1) is 11.5. The Bertz CT molecular complexity index is 624. The van der Waals surface area contributed by atoms with Crippen LogP contribution < -0.4 is 10.1 Å². The predicted molar refractivity (Wildman–Crippen MR) is 92.9 cm³/mol. The maximum absolute atomic E-state index is 12.7. The smallest absolute Gasteiger partial charge is 0.223 e. The van der Waals surface area contributed by atoms with Crippen molar-refractivity contribution in [3.63, 3.8) is 0 Å². The molecule has 4 heteroatoms. The van der Waals surface area contributed by atoms with E-state index in [1.165, 1.54) is 0 Å². The van der Waals surface area contributed by atoms with E-state index in [2.05, 4.69) is 11.4 Å². The molecule has 130 valence electrons. The first-order valence-corrected chi connectivity index (χ1v) is 8.98. The maximum atomic E-state index is 12.7. The third-order valence-electron chi connectivity index (χ3n) is 5.63. The van der Waals surface area contributed by atoms with Crippen molar-refractivity contribution in [2.45, 2.75) is 52.0 Å². The maximum Gasteiger partial charge on any atom is 0.223 e. The van der Waals surface area contributed by atoms with Gasteiger partial charge in [-0.3, -0.25) is 9.59 Å². The van der Waals surface area contributed by atoms with Gasteiger partial charge in [0.1, 0.15) is 11.5 Å². The molecule has 2 saturated carbocycles. The first kappa shape index (κ1) is 17.0. The lowest BCUT2D eigenvalue weighted by molar-refractivity contribution is -0.137. The third-order valence-corrected chi connectivity index (χ3v) is 5.63. The van der Waals surface area contributed by atoms with Crippen LogP contribution in [0.5, 0.6) is 5.75 Å². The highest BCUT2D eigenvalue weighted by Crippen LogP contribution is 2.40. The molecule has 3 rings (SSSR count). The lowest BCUT2D eigenvalue weighted by Gasteiger charge is -2.37. The van der Waals surface area contributed by atoms with Crippen molar-refractivity contribution >= 4 is 11.7 Å². The van der Waals surface area contributed by atoms with Crippen LogP contribution in [0.4, 0.5) is 0 Å². The van der Waals surface area contributed by atoms with Crippen LogP contribution in [0.2, 0.25) is 0 Å². The van der Waals surface area contributed by atoms with Crippen LogP contribution in [0.1, 0.15) is 56.2 Å². The van der Waals surface area contributed by atoms with E-state index in [1.807, 2.05) is 26.0 Å². The first-order valence-electron chi connectivity index (χ1n) is 8.98. The number of amides is 1. The minimum atomic E-state index is -0.107. The summed E-state index contributed by atoms with van der Waals surface area (Å²) in [6, 6.07) is 5.90. The molecule has 4 nitrogen and oxygen atoms in total. The van der Waals surface area contributed by atoms with E-state index >= 15 is 0 Å². The van der Waals surface area contributed by atoms with E-state index in [9.17, 15) is 9.59 Å². The third kappa shape index (κ3) is 3.33. The van der Waals surface area contributed by atoms with E-state index in [1.54, 1.807) is 7.11 Å². The summed E-state index contributed by atoms with van der Waals surface area (Å²) in [6.07, 6.45) is 4.49. The summed E-state index contributed by atoms with van der Waals surface area (Å²) in [5.41, 5.74) is 2.14. The fourth-order valence-electron chi connectivity index (χ4n) is 4.29. The summed E-state index contributed by atoms with van der Waals surface area (Å²) in [5.74, 6) is 1.46. The van der Waals surface area contributed by atoms with E-state index in [-0.39, 0.29) is 29.7 Å². The molecule has 0 spiro atoms. The molecule has 2 aliphatic carbocycles. The summed E-state index contributed by atoms with van der Waals surface area (Å²) >= 11 is 0. The van der Waals surface area contributed by atoms with Gasteiger partial charge in [-0.2, -0.15) is 0 Å². The van der Waals surface area contributed by atoms with Gasteiger partial charge in [0.05, 0.1) is 13.2 Å². The number of aryl methyl sites for hydroxylation is 1. The molecule has 2 aliphatic rings. The molecule has 1 amide bonds. The van der Waals surface area contributed by atoms with E-state index in [0.717, 1.165) is 49.0 Å². The van der Waals surface area contributed by atoms with Crippen molar-refractivity contribution in [2.75, 3.05) is 7.11 Å². The molecular weight excluding hydrogens is 302 g/mol. The average Bonchev–Trinajstić information content (AvgIpc) is 2.54. The Morgan fingerprint density at radius 2 is 1.92 bits per heavy atom. The van der Waals surface area contributed by atoms with Crippen molar-refractivity contribution in [3.05, 3.63) is 29.3 Å². The van der Waals surface area contributed by atoms with Crippen molar-refractivity contribution < 1.29 is 14.3 Å². The second kappa shape index (κ2) is 6.96. The van der Waals surface area contributed by atoms with Crippen LogP contribution in [0.15, 0.2) is 18.2 Å². The number of ether oxygens (including phenoxy) is 1. The van der Waals surface area contributed by atoms with Crippen LogP contribution in [-0.4, -0.2) is 18.8 Å². The Hall–Kier alpha value is -1.84. The fourth-order valence-corrected chi connectivity index (χ4v) is 4.29. The molecule has 1 unspecified atom stereocenters. The van der Waals surface area contributed by atoms with Crippen LogP contribution in [0.25, 0.3) is 0 Å². The molecule has 0 aromatic heterocycles. The van der Waals surface area contributed by atoms with Crippen molar-refractivity contribution in [1.82, 2.24) is 5.32 Å². The summed E-state index contributed by atoms with van der Waals surface area (Å²) in [6.45, 7) is 4.02. The number of hydrogen-bond donors (Lipinski definition) is 1. The highest BCUT2D eigenvalue weighted by molar-refractivity contribution is 5.88. The number of hydrogen-bond acceptors (Lipinski definition) is 3. The molecule has 4 atom stereocenters. The van der Waals surface area contributed by atoms with Gasteiger partial charge in [0, 0.05) is 23.3 Å². The Morgan fingerprint density at radius 3 is 2.54 bits per heavy atom. The number of methoxy groups -OCH3 is 1. The van der Waals surface area contributed by atoms with Gasteiger partial charge >= 0.3 is 0 Å². The van der Waals surface area contributed by atoms with Crippen LogP contribution in [0.3, 0.4) is 0 Å². The number of carbonyl (C=O) groups is 2. The molecule has 2 fully saturated rings. The second-order valence-electron chi connectivity index (χ2n) is 7.37. The predicted octanol–water partition coefficient (Wildman–Crippen LogP) is 3.58. The monoisotopic (exact) mass is 329 g/mol. The summed E-state index contributed by atoms with van der Waals surface area (Å²) in [7, 11) is 1.65. The molecule has 0 radical (unpaired) electrons. The van der Waals surface area contributed by atoms with Gasteiger partial charge in [0.2, 0.25) is 5.91 Å². The zero-order valence-corrected chi connectivity index (χ0v) is 14.8. The molecule has 0 heterocycles. The number of nitrogens with one attached hydrogen (secondary N) is 1. The van der Waals surface area contributed by atoms with E-state index < -0.39 is 0 Å². The molecular formula is C20H27NO3. The quantitative estimate of drug-likeness (QED) is 0.918. The van der Waals surface area contributed by atoms with Crippen molar-refractivity contribution in [2.24, 2.45) is 17.8 Å². The van der Waals surface area contributed by atoms with Gasteiger partial charge in [-0.15, -0.1) is 0 Å². The van der Waals surface area contributed by atoms with Crippen LogP contribution >= 0.6 is 0 Å². The SMILES string of the molecule is COc1ccc(C)cc1[C@H](C)NC(=O)C1C[C@H]2CCC[C@@H](C1)C2=O. The van der Waals surface area contributed by atoms with Crippen LogP contribution in [0, 0.1) is 24.7 Å². The van der Waals surface area contributed by atoms with Gasteiger partial charge in [-0.1, -0.05) is 24.1 Å². The molecule has 2 bridgehead atoms. The summed E-state index contributed by atoms with van der Waals surface area (Å²) in [4.78, 5) is 24.9. The van der Waals surface area contributed by atoms with Gasteiger partial charge in [-0.25, -0.2) is 0 Å². The van der Waals surface area contributed by atoms with E-state index in [4.69, 9.17) is 4.74 Å². The Labute approximate surface area is 144 Å². The zero-order valence-electron chi connectivity index (χ0n) is 14.8. The van der Waals surface area contributed by atoms with Gasteiger partial charge in [-0.05, 0) is 45.6 Å².